The van der Waals surface area contributed by atoms with Gasteiger partial charge in [0.25, 0.3) is 0 Å². The fraction of sp³-hybridized carbons (Fsp3) is 0.385. The smallest absolute Gasteiger partial charge is 0.197 e. The Morgan fingerprint density at radius 2 is 2.11 bits per heavy atom. The Kier molecular flexibility index (Phi) is 3.81. The van der Waals surface area contributed by atoms with Gasteiger partial charge < -0.3 is 0 Å². The second-order valence-electron chi connectivity index (χ2n) is 4.50. The molecule has 0 saturated carbocycles. The summed E-state index contributed by atoms with van der Waals surface area (Å²) in [5.41, 5.74) is 2.51. The van der Waals surface area contributed by atoms with Gasteiger partial charge in [-0.05, 0) is 25.0 Å². The van der Waals surface area contributed by atoms with E-state index in [-0.39, 0.29) is 12.2 Å². The van der Waals surface area contributed by atoms with Crippen molar-refractivity contribution in [3.63, 3.8) is 0 Å². The molecule has 2 aromatic heterocycles. The maximum Gasteiger partial charge on any atom is 0.197 e. The lowest BCUT2D eigenvalue weighted by atomic mass is 10.1. The van der Waals surface area contributed by atoms with E-state index in [4.69, 9.17) is 0 Å². The van der Waals surface area contributed by atoms with Gasteiger partial charge in [-0.25, -0.2) is 4.98 Å². The first kappa shape index (κ1) is 12.8. The van der Waals surface area contributed by atoms with Crippen LogP contribution in [0.3, 0.4) is 0 Å². The lowest BCUT2D eigenvalue weighted by Crippen LogP contribution is -2.06. The number of hydrogen-bond acceptors (Lipinski definition) is 5. The van der Waals surface area contributed by atoms with E-state index in [2.05, 4.69) is 29.0 Å². The number of thiazole rings is 1. The van der Waals surface area contributed by atoms with Crippen molar-refractivity contribution < 1.29 is 4.79 Å². The summed E-state index contributed by atoms with van der Waals surface area (Å²) in [6, 6.07) is 3.69. The molecule has 0 aromatic carbocycles. The van der Waals surface area contributed by atoms with E-state index >= 15 is 0 Å². The molecular formula is C13H15N3OS. The van der Waals surface area contributed by atoms with Crippen LogP contribution in [0.5, 0.6) is 0 Å². The highest BCUT2D eigenvalue weighted by Gasteiger charge is 2.14. The van der Waals surface area contributed by atoms with Crippen LogP contribution in [0.4, 0.5) is 0 Å². The molecule has 0 radical (unpaired) electrons. The van der Waals surface area contributed by atoms with Gasteiger partial charge in [0.05, 0.1) is 23.5 Å². The molecule has 0 aliphatic carbocycles. The van der Waals surface area contributed by atoms with Gasteiger partial charge in [-0.3, -0.25) is 4.79 Å². The predicted molar refractivity (Wildman–Crippen MR) is 71.0 cm³/mol. The summed E-state index contributed by atoms with van der Waals surface area (Å²) in [4.78, 5) is 16.4. The molecular weight excluding hydrogens is 246 g/mol. The van der Waals surface area contributed by atoms with E-state index in [0.29, 0.717) is 16.6 Å². The van der Waals surface area contributed by atoms with Gasteiger partial charge in [-0.15, -0.1) is 11.3 Å². The van der Waals surface area contributed by atoms with Crippen molar-refractivity contribution in [2.45, 2.75) is 33.1 Å². The van der Waals surface area contributed by atoms with Crippen molar-refractivity contribution in [3.05, 3.63) is 39.6 Å². The Bertz CT molecular complexity index is 546. The molecule has 0 unspecified atom stereocenters. The second-order valence-corrected chi connectivity index (χ2v) is 5.36. The topological polar surface area (TPSA) is 55.7 Å². The van der Waals surface area contributed by atoms with Crippen LogP contribution in [0, 0.1) is 6.92 Å². The number of nitrogens with zero attached hydrogens (tertiary/aromatic N) is 3. The van der Waals surface area contributed by atoms with E-state index in [0.717, 1.165) is 11.4 Å². The molecule has 0 saturated heterocycles. The largest absolute Gasteiger partial charge is 0.291 e. The molecule has 0 N–H and O–H groups in total. The summed E-state index contributed by atoms with van der Waals surface area (Å²) in [6.07, 6.45) is 0.262. The number of aryl methyl sites for hydroxylation is 1. The number of rotatable bonds is 4. The van der Waals surface area contributed by atoms with Crippen LogP contribution in [-0.4, -0.2) is 21.0 Å². The van der Waals surface area contributed by atoms with Crippen LogP contribution < -0.4 is 0 Å². The van der Waals surface area contributed by atoms with Crippen molar-refractivity contribution in [1.29, 1.82) is 0 Å². The molecule has 2 heterocycles. The highest BCUT2D eigenvalue weighted by atomic mass is 32.1. The number of ketones is 1. The van der Waals surface area contributed by atoms with Crippen LogP contribution in [0.2, 0.25) is 0 Å². The summed E-state index contributed by atoms with van der Waals surface area (Å²) >= 11 is 1.40. The van der Waals surface area contributed by atoms with Gasteiger partial charge >= 0.3 is 0 Å². The first-order valence-electron chi connectivity index (χ1n) is 5.84. The lowest BCUT2D eigenvalue weighted by molar-refractivity contribution is 0.0991. The SMILES string of the molecule is Cc1ccc(CC(=O)c2nc(C(C)C)cs2)nn1. The molecule has 0 aliphatic rings. The van der Waals surface area contributed by atoms with Crippen molar-refractivity contribution in [2.24, 2.45) is 0 Å². The summed E-state index contributed by atoms with van der Waals surface area (Å²) in [5, 5.41) is 10.4. The van der Waals surface area contributed by atoms with E-state index in [1.165, 1.54) is 11.3 Å². The quantitative estimate of drug-likeness (QED) is 0.794. The minimum Gasteiger partial charge on any atom is -0.291 e. The molecule has 4 nitrogen and oxygen atoms in total. The average Bonchev–Trinajstić information content (AvgIpc) is 2.81. The molecule has 94 valence electrons. The van der Waals surface area contributed by atoms with Crippen molar-refractivity contribution in [1.82, 2.24) is 15.2 Å². The normalized spacial score (nSPS) is 10.9. The third-order valence-electron chi connectivity index (χ3n) is 2.55. The van der Waals surface area contributed by atoms with Gasteiger partial charge in [0.15, 0.2) is 10.8 Å². The van der Waals surface area contributed by atoms with Crippen molar-refractivity contribution >= 4 is 17.1 Å². The zero-order valence-electron chi connectivity index (χ0n) is 10.7. The number of Topliss-reactive ketones (excluding diaryl/α,β-unsaturated/α-hetero) is 1. The molecule has 5 heteroatoms. The fourth-order valence-electron chi connectivity index (χ4n) is 1.44. The van der Waals surface area contributed by atoms with Gasteiger partial charge in [-0.1, -0.05) is 13.8 Å². The average molecular weight is 261 g/mol. The van der Waals surface area contributed by atoms with Crippen LogP contribution in [0.1, 0.15) is 46.6 Å². The Morgan fingerprint density at radius 3 is 2.67 bits per heavy atom. The van der Waals surface area contributed by atoms with Crippen molar-refractivity contribution in [3.8, 4) is 0 Å². The molecule has 0 spiro atoms. The summed E-state index contributed by atoms with van der Waals surface area (Å²) < 4.78 is 0. The Balaban J connectivity index is 2.09. The fourth-order valence-corrected chi connectivity index (χ4v) is 2.36. The van der Waals surface area contributed by atoms with Crippen LogP contribution in [0.15, 0.2) is 17.5 Å². The number of carbonyl (C=O) groups is 1. The van der Waals surface area contributed by atoms with Crippen molar-refractivity contribution in [2.75, 3.05) is 0 Å². The third-order valence-corrected chi connectivity index (χ3v) is 3.45. The molecule has 0 fully saturated rings. The maximum atomic E-state index is 12.0. The van der Waals surface area contributed by atoms with E-state index < -0.39 is 0 Å². The summed E-state index contributed by atoms with van der Waals surface area (Å²) in [5.74, 6) is 0.354. The first-order valence-corrected chi connectivity index (χ1v) is 6.72. The molecule has 0 bridgehead atoms. The Labute approximate surface area is 110 Å². The van der Waals surface area contributed by atoms with E-state index in [9.17, 15) is 4.79 Å². The first-order chi connectivity index (χ1) is 8.56. The highest BCUT2D eigenvalue weighted by Crippen LogP contribution is 2.18. The van der Waals surface area contributed by atoms with Crippen LogP contribution in [0.25, 0.3) is 0 Å². The number of hydrogen-bond donors (Lipinski definition) is 0. The minimum atomic E-state index is 0.00468. The van der Waals surface area contributed by atoms with E-state index in [1.807, 2.05) is 24.4 Å². The molecule has 0 atom stereocenters. The molecule has 2 aromatic rings. The summed E-state index contributed by atoms with van der Waals surface area (Å²) in [6.45, 7) is 6.00. The van der Waals surface area contributed by atoms with Gasteiger partial charge in [0, 0.05) is 5.38 Å². The minimum absolute atomic E-state index is 0.00468. The zero-order chi connectivity index (χ0) is 13.1. The van der Waals surface area contributed by atoms with E-state index in [1.54, 1.807) is 0 Å². The van der Waals surface area contributed by atoms with Gasteiger partial charge in [0.1, 0.15) is 0 Å². The van der Waals surface area contributed by atoms with Crippen LogP contribution in [-0.2, 0) is 6.42 Å². The van der Waals surface area contributed by atoms with Gasteiger partial charge in [-0.2, -0.15) is 10.2 Å². The molecule has 0 aliphatic heterocycles. The zero-order valence-corrected chi connectivity index (χ0v) is 11.5. The molecule has 0 amide bonds. The lowest BCUT2D eigenvalue weighted by Gasteiger charge is -1.98. The standard InChI is InChI=1S/C13H15N3OS/c1-8(2)11-7-18-13(14-11)12(17)6-10-5-4-9(3)15-16-10/h4-5,7-8H,6H2,1-3H3. The molecule has 18 heavy (non-hydrogen) atoms. The maximum absolute atomic E-state index is 12.0. The Morgan fingerprint density at radius 1 is 1.33 bits per heavy atom. The monoisotopic (exact) mass is 261 g/mol. The molecule has 2 rings (SSSR count). The van der Waals surface area contributed by atoms with Crippen LogP contribution >= 0.6 is 11.3 Å². The number of aromatic nitrogens is 3. The van der Waals surface area contributed by atoms with Gasteiger partial charge in [0.2, 0.25) is 0 Å². The Hall–Kier alpha value is -1.62. The predicted octanol–water partition coefficient (Wildman–Crippen LogP) is 2.79. The third kappa shape index (κ3) is 2.98. The number of carbonyl (C=O) groups excluding carboxylic acids is 1. The highest BCUT2D eigenvalue weighted by molar-refractivity contribution is 7.11. The second kappa shape index (κ2) is 5.35. The summed E-state index contributed by atoms with van der Waals surface area (Å²) in [7, 11) is 0.